The zero-order valence-electron chi connectivity index (χ0n) is 8.85. The van der Waals surface area contributed by atoms with Crippen molar-refractivity contribution in [3.05, 3.63) is 47.8 Å². The topological polar surface area (TPSA) is 43.8 Å². The second-order valence-electron chi connectivity index (χ2n) is 3.56. The summed E-state index contributed by atoms with van der Waals surface area (Å²) in [6.07, 6.45) is 2.75. The first-order valence-corrected chi connectivity index (χ1v) is 5.12. The van der Waals surface area contributed by atoms with E-state index in [-0.39, 0.29) is 0 Å². The van der Waals surface area contributed by atoms with Crippen LogP contribution >= 0.6 is 0 Å². The van der Waals surface area contributed by atoms with Crippen LogP contribution in [0.2, 0.25) is 0 Å². The van der Waals surface area contributed by atoms with Crippen molar-refractivity contribution < 1.29 is 0 Å². The van der Waals surface area contributed by atoms with E-state index >= 15 is 0 Å². The number of para-hydroxylation sites is 1. The lowest BCUT2D eigenvalue weighted by Crippen LogP contribution is -2.09. The molecule has 3 nitrogen and oxygen atoms in total. The fourth-order valence-corrected chi connectivity index (χ4v) is 1.69. The largest absolute Gasteiger partial charge is 0.330 e. The molecule has 15 heavy (non-hydrogen) atoms. The van der Waals surface area contributed by atoms with Gasteiger partial charge in [0.05, 0.1) is 11.9 Å². The maximum atomic E-state index is 5.59. The zero-order valence-corrected chi connectivity index (χ0v) is 8.85. The van der Waals surface area contributed by atoms with Gasteiger partial charge in [-0.1, -0.05) is 18.2 Å². The predicted molar refractivity (Wildman–Crippen MR) is 61.1 cm³/mol. The zero-order chi connectivity index (χ0) is 10.7. The van der Waals surface area contributed by atoms with Crippen molar-refractivity contribution >= 4 is 0 Å². The molecular weight excluding hydrogens is 186 g/mol. The van der Waals surface area contributed by atoms with Crippen LogP contribution in [0.3, 0.4) is 0 Å². The van der Waals surface area contributed by atoms with E-state index in [0.29, 0.717) is 6.54 Å². The lowest BCUT2D eigenvalue weighted by Gasteiger charge is -2.07. The maximum Gasteiger partial charge on any atom is 0.0648 e. The Morgan fingerprint density at radius 3 is 2.67 bits per heavy atom. The third kappa shape index (κ3) is 1.92. The molecule has 0 atom stereocenters. The van der Waals surface area contributed by atoms with Gasteiger partial charge in [0, 0.05) is 12.1 Å². The van der Waals surface area contributed by atoms with Crippen LogP contribution in [-0.4, -0.2) is 16.3 Å². The van der Waals surface area contributed by atoms with E-state index in [9.17, 15) is 0 Å². The molecule has 0 saturated heterocycles. The fraction of sp³-hybridized carbons (Fsp3) is 0.250. The molecule has 0 fully saturated rings. The Bertz CT molecular complexity index is 431. The highest BCUT2D eigenvalue weighted by atomic mass is 15.3. The molecule has 0 spiro atoms. The molecule has 0 aliphatic heterocycles. The van der Waals surface area contributed by atoms with Crippen molar-refractivity contribution in [3.8, 4) is 5.69 Å². The van der Waals surface area contributed by atoms with Crippen molar-refractivity contribution in [1.29, 1.82) is 0 Å². The summed E-state index contributed by atoms with van der Waals surface area (Å²) in [6.45, 7) is 2.72. The van der Waals surface area contributed by atoms with Crippen molar-refractivity contribution in [1.82, 2.24) is 9.78 Å². The first-order chi connectivity index (χ1) is 7.33. The Kier molecular flexibility index (Phi) is 2.83. The van der Waals surface area contributed by atoms with Crippen LogP contribution in [-0.2, 0) is 6.42 Å². The molecule has 0 saturated carbocycles. The molecule has 0 unspecified atom stereocenters. The van der Waals surface area contributed by atoms with Gasteiger partial charge in [0.2, 0.25) is 0 Å². The third-order valence-corrected chi connectivity index (χ3v) is 2.46. The molecule has 0 aliphatic rings. The van der Waals surface area contributed by atoms with Gasteiger partial charge in [-0.3, -0.25) is 0 Å². The SMILES string of the molecule is Cc1cnn(-c2ccccc2)c1CCN. The second kappa shape index (κ2) is 4.28. The van der Waals surface area contributed by atoms with Gasteiger partial charge in [0.25, 0.3) is 0 Å². The van der Waals surface area contributed by atoms with E-state index in [4.69, 9.17) is 5.73 Å². The van der Waals surface area contributed by atoms with Gasteiger partial charge in [-0.2, -0.15) is 5.10 Å². The number of nitrogens with two attached hydrogens (primary N) is 1. The molecule has 78 valence electrons. The average molecular weight is 201 g/mol. The van der Waals surface area contributed by atoms with Crippen molar-refractivity contribution in [2.45, 2.75) is 13.3 Å². The van der Waals surface area contributed by atoms with Crippen LogP contribution in [0.15, 0.2) is 36.5 Å². The Morgan fingerprint density at radius 1 is 1.27 bits per heavy atom. The highest BCUT2D eigenvalue weighted by Gasteiger charge is 2.07. The normalized spacial score (nSPS) is 10.5. The van der Waals surface area contributed by atoms with Crippen LogP contribution in [0.1, 0.15) is 11.3 Å². The Morgan fingerprint density at radius 2 is 2.00 bits per heavy atom. The molecule has 0 amide bonds. The standard InChI is InChI=1S/C12H15N3/c1-10-9-14-15(12(10)7-8-13)11-5-3-2-4-6-11/h2-6,9H,7-8,13H2,1H3. The van der Waals surface area contributed by atoms with E-state index in [2.05, 4.69) is 12.0 Å². The summed E-state index contributed by atoms with van der Waals surface area (Å²) in [6, 6.07) is 10.1. The quantitative estimate of drug-likeness (QED) is 0.821. The number of benzene rings is 1. The highest BCUT2D eigenvalue weighted by Crippen LogP contribution is 2.14. The van der Waals surface area contributed by atoms with E-state index in [0.717, 1.165) is 12.1 Å². The van der Waals surface area contributed by atoms with Crippen LogP contribution in [0.4, 0.5) is 0 Å². The maximum absolute atomic E-state index is 5.59. The first kappa shape index (κ1) is 9.93. The lowest BCUT2D eigenvalue weighted by molar-refractivity contribution is 0.788. The molecule has 2 rings (SSSR count). The molecular formula is C12H15N3. The van der Waals surface area contributed by atoms with Gasteiger partial charge in [0.15, 0.2) is 0 Å². The molecule has 2 N–H and O–H groups in total. The van der Waals surface area contributed by atoms with E-state index in [1.807, 2.05) is 41.2 Å². The van der Waals surface area contributed by atoms with Crippen molar-refractivity contribution in [2.24, 2.45) is 5.73 Å². The van der Waals surface area contributed by atoms with Crippen molar-refractivity contribution in [3.63, 3.8) is 0 Å². The Hall–Kier alpha value is -1.61. The Labute approximate surface area is 89.5 Å². The molecule has 0 aliphatic carbocycles. The number of hydrogen-bond acceptors (Lipinski definition) is 2. The summed E-state index contributed by atoms with van der Waals surface area (Å²) in [7, 11) is 0. The van der Waals surface area contributed by atoms with E-state index in [1.54, 1.807) is 0 Å². The summed E-state index contributed by atoms with van der Waals surface area (Å²) in [5.41, 5.74) is 9.08. The van der Waals surface area contributed by atoms with Crippen LogP contribution in [0.25, 0.3) is 5.69 Å². The molecule has 1 heterocycles. The van der Waals surface area contributed by atoms with Gasteiger partial charge in [-0.05, 0) is 31.2 Å². The number of rotatable bonds is 3. The molecule has 1 aromatic heterocycles. The average Bonchev–Trinajstić information content (AvgIpc) is 2.63. The Balaban J connectivity index is 2.44. The number of aromatic nitrogens is 2. The molecule has 0 radical (unpaired) electrons. The van der Waals surface area contributed by atoms with Gasteiger partial charge in [0.1, 0.15) is 0 Å². The fourth-order valence-electron chi connectivity index (χ4n) is 1.69. The van der Waals surface area contributed by atoms with Crippen molar-refractivity contribution in [2.75, 3.05) is 6.54 Å². The summed E-state index contributed by atoms with van der Waals surface area (Å²) < 4.78 is 1.96. The summed E-state index contributed by atoms with van der Waals surface area (Å²) in [4.78, 5) is 0. The first-order valence-electron chi connectivity index (χ1n) is 5.12. The van der Waals surface area contributed by atoms with Crippen LogP contribution < -0.4 is 5.73 Å². The second-order valence-corrected chi connectivity index (χ2v) is 3.56. The van der Waals surface area contributed by atoms with E-state index in [1.165, 1.54) is 11.3 Å². The lowest BCUT2D eigenvalue weighted by atomic mass is 10.2. The minimum atomic E-state index is 0.652. The number of aryl methyl sites for hydroxylation is 1. The van der Waals surface area contributed by atoms with E-state index < -0.39 is 0 Å². The number of nitrogens with zero attached hydrogens (tertiary/aromatic N) is 2. The highest BCUT2D eigenvalue weighted by molar-refractivity contribution is 5.34. The number of hydrogen-bond donors (Lipinski definition) is 1. The third-order valence-electron chi connectivity index (χ3n) is 2.46. The predicted octanol–water partition coefficient (Wildman–Crippen LogP) is 1.68. The van der Waals surface area contributed by atoms with Gasteiger partial charge in [-0.25, -0.2) is 4.68 Å². The minimum absolute atomic E-state index is 0.652. The molecule has 3 heteroatoms. The summed E-state index contributed by atoms with van der Waals surface area (Å²) >= 11 is 0. The van der Waals surface area contributed by atoms with Crippen LogP contribution in [0.5, 0.6) is 0 Å². The van der Waals surface area contributed by atoms with Crippen LogP contribution in [0, 0.1) is 6.92 Å². The monoisotopic (exact) mass is 201 g/mol. The molecule has 0 bridgehead atoms. The summed E-state index contributed by atoms with van der Waals surface area (Å²) in [5.74, 6) is 0. The van der Waals surface area contributed by atoms with Gasteiger partial charge in [-0.15, -0.1) is 0 Å². The molecule has 2 aromatic rings. The summed E-state index contributed by atoms with van der Waals surface area (Å²) in [5, 5.41) is 4.37. The minimum Gasteiger partial charge on any atom is -0.330 e. The van der Waals surface area contributed by atoms with Gasteiger partial charge >= 0.3 is 0 Å². The smallest absolute Gasteiger partial charge is 0.0648 e. The molecule has 1 aromatic carbocycles. The van der Waals surface area contributed by atoms with Gasteiger partial charge < -0.3 is 5.73 Å².